The number of aromatic nitrogens is 4. The molecule has 0 aliphatic rings. The van der Waals surface area contributed by atoms with E-state index >= 15 is 0 Å². The van der Waals surface area contributed by atoms with Crippen molar-refractivity contribution in [3.05, 3.63) is 58.0 Å². The summed E-state index contributed by atoms with van der Waals surface area (Å²) in [6, 6.07) is 7.76. The molecule has 132 valence electrons. The number of aromatic amines is 1. The van der Waals surface area contributed by atoms with Crippen LogP contribution in [0.4, 0.5) is 0 Å². The predicted octanol–water partition coefficient (Wildman–Crippen LogP) is 4.27. The lowest BCUT2D eigenvalue weighted by Gasteiger charge is -2.06. The number of ketones is 1. The smallest absolute Gasteiger partial charge is 0.277 e. The number of aryl methyl sites for hydroxylation is 1. The lowest BCUT2D eigenvalue weighted by Crippen LogP contribution is -2.13. The maximum Gasteiger partial charge on any atom is 0.277 e. The molecule has 4 aromatic rings. The fourth-order valence-corrected chi connectivity index (χ4v) is 4.08. The summed E-state index contributed by atoms with van der Waals surface area (Å²) in [4.78, 5) is 20.3. The molecule has 8 heteroatoms. The van der Waals surface area contributed by atoms with Gasteiger partial charge in [0.2, 0.25) is 5.89 Å². The van der Waals surface area contributed by atoms with Gasteiger partial charge in [-0.15, -0.1) is 21.5 Å². The number of thioether (sulfide) groups is 1. The minimum atomic E-state index is -0.330. The number of carbonyl (C=O) groups is 1. The molecule has 0 amide bonds. The zero-order chi connectivity index (χ0) is 18.1. The molecule has 0 fully saturated rings. The summed E-state index contributed by atoms with van der Waals surface area (Å²) >= 11 is 2.86. The van der Waals surface area contributed by atoms with Crippen LogP contribution < -0.4 is 0 Å². The molecule has 1 atom stereocenters. The van der Waals surface area contributed by atoms with Gasteiger partial charge in [-0.05, 0) is 19.9 Å². The molecule has 0 radical (unpaired) electrons. The number of benzene rings is 1. The molecule has 6 nitrogen and oxygen atoms in total. The minimum absolute atomic E-state index is 0.0299. The summed E-state index contributed by atoms with van der Waals surface area (Å²) in [6.07, 6.45) is 2.26. The summed E-state index contributed by atoms with van der Waals surface area (Å²) in [5, 5.41) is 12.1. The van der Waals surface area contributed by atoms with Crippen molar-refractivity contribution in [1.29, 1.82) is 0 Å². The van der Waals surface area contributed by atoms with Gasteiger partial charge in [0.05, 0.1) is 22.4 Å². The monoisotopic (exact) mass is 384 g/mol. The number of rotatable bonds is 6. The molecule has 0 aliphatic heterocycles. The molecule has 4 rings (SSSR count). The highest BCUT2D eigenvalue weighted by Gasteiger charge is 2.22. The third-order valence-electron chi connectivity index (χ3n) is 3.95. The van der Waals surface area contributed by atoms with Crippen molar-refractivity contribution in [2.24, 2.45) is 0 Å². The van der Waals surface area contributed by atoms with E-state index in [9.17, 15) is 4.79 Å². The first-order valence-electron chi connectivity index (χ1n) is 8.10. The summed E-state index contributed by atoms with van der Waals surface area (Å²) in [7, 11) is 0. The van der Waals surface area contributed by atoms with E-state index < -0.39 is 0 Å². The molecule has 0 bridgehead atoms. The number of H-pyrrole nitrogens is 1. The van der Waals surface area contributed by atoms with Crippen molar-refractivity contribution in [1.82, 2.24) is 20.2 Å². The molecule has 3 aromatic heterocycles. The number of para-hydroxylation sites is 1. The zero-order valence-corrected chi connectivity index (χ0v) is 15.9. The SMILES string of the molecule is Cc1nc(Cc2nnc(S[C@@H](C)C(=O)c3c[nH]c4ccccc34)o2)cs1. The van der Waals surface area contributed by atoms with Crippen LogP contribution in [0.2, 0.25) is 0 Å². The highest BCUT2D eigenvalue weighted by molar-refractivity contribution is 8.00. The lowest BCUT2D eigenvalue weighted by molar-refractivity contribution is 0.0995. The van der Waals surface area contributed by atoms with E-state index in [0.29, 0.717) is 23.1 Å². The van der Waals surface area contributed by atoms with Crippen molar-refractivity contribution in [3.8, 4) is 0 Å². The Balaban J connectivity index is 1.46. The first-order chi connectivity index (χ1) is 12.6. The predicted molar refractivity (Wildman–Crippen MR) is 102 cm³/mol. The third-order valence-corrected chi connectivity index (χ3v) is 5.71. The number of carbonyl (C=O) groups excluding carboxylic acids is 1. The highest BCUT2D eigenvalue weighted by Crippen LogP contribution is 2.28. The number of Topliss-reactive ketones (excluding diaryl/α,β-unsaturated/α-hetero) is 1. The van der Waals surface area contributed by atoms with Gasteiger partial charge in [0, 0.05) is 28.0 Å². The molecular formula is C18H16N4O2S2. The van der Waals surface area contributed by atoms with E-state index in [4.69, 9.17) is 4.42 Å². The Hall–Kier alpha value is -2.45. The maximum atomic E-state index is 12.8. The van der Waals surface area contributed by atoms with Crippen LogP contribution in [-0.4, -0.2) is 31.2 Å². The number of fused-ring (bicyclic) bond motifs is 1. The maximum absolute atomic E-state index is 12.8. The third kappa shape index (κ3) is 3.42. The Morgan fingerprint density at radius 3 is 3.00 bits per heavy atom. The zero-order valence-electron chi connectivity index (χ0n) is 14.2. The topological polar surface area (TPSA) is 84.7 Å². The van der Waals surface area contributed by atoms with Crippen LogP contribution in [0.25, 0.3) is 10.9 Å². The summed E-state index contributed by atoms with van der Waals surface area (Å²) < 4.78 is 5.67. The second-order valence-electron chi connectivity index (χ2n) is 5.87. The van der Waals surface area contributed by atoms with Gasteiger partial charge in [-0.25, -0.2) is 4.98 Å². The van der Waals surface area contributed by atoms with Crippen molar-refractivity contribution < 1.29 is 9.21 Å². The average molecular weight is 384 g/mol. The van der Waals surface area contributed by atoms with Crippen LogP contribution in [-0.2, 0) is 6.42 Å². The second-order valence-corrected chi connectivity index (χ2v) is 8.22. The molecular weight excluding hydrogens is 368 g/mol. The van der Waals surface area contributed by atoms with E-state index in [0.717, 1.165) is 21.6 Å². The first-order valence-corrected chi connectivity index (χ1v) is 9.86. The van der Waals surface area contributed by atoms with Crippen molar-refractivity contribution in [2.45, 2.75) is 30.7 Å². The largest absolute Gasteiger partial charge is 0.416 e. The van der Waals surface area contributed by atoms with E-state index in [1.165, 1.54) is 11.8 Å². The number of thiazole rings is 1. The Kier molecular flexibility index (Phi) is 4.60. The van der Waals surface area contributed by atoms with E-state index in [-0.39, 0.29) is 11.0 Å². The molecule has 1 N–H and O–H groups in total. The summed E-state index contributed by atoms with van der Waals surface area (Å²) in [6.45, 7) is 3.81. The van der Waals surface area contributed by atoms with Gasteiger partial charge >= 0.3 is 0 Å². The molecule has 3 heterocycles. The van der Waals surface area contributed by atoms with Gasteiger partial charge in [-0.1, -0.05) is 30.0 Å². The van der Waals surface area contributed by atoms with Gasteiger partial charge < -0.3 is 9.40 Å². The highest BCUT2D eigenvalue weighted by atomic mass is 32.2. The van der Waals surface area contributed by atoms with Crippen LogP contribution in [0.15, 0.2) is 45.5 Å². The van der Waals surface area contributed by atoms with Gasteiger partial charge in [0.25, 0.3) is 5.22 Å². The number of nitrogens with zero attached hydrogens (tertiary/aromatic N) is 3. The van der Waals surface area contributed by atoms with Crippen LogP contribution >= 0.6 is 23.1 Å². The van der Waals surface area contributed by atoms with Gasteiger partial charge in [0.15, 0.2) is 5.78 Å². The molecule has 0 unspecified atom stereocenters. The Morgan fingerprint density at radius 2 is 2.19 bits per heavy atom. The molecule has 26 heavy (non-hydrogen) atoms. The molecule has 1 aromatic carbocycles. The normalized spacial score (nSPS) is 12.5. The molecule has 0 saturated carbocycles. The molecule has 0 aliphatic carbocycles. The van der Waals surface area contributed by atoms with Crippen molar-refractivity contribution in [2.75, 3.05) is 0 Å². The van der Waals surface area contributed by atoms with Crippen LogP contribution in [0, 0.1) is 6.92 Å². The lowest BCUT2D eigenvalue weighted by atomic mass is 10.1. The Labute approximate surface area is 158 Å². The molecule has 0 spiro atoms. The van der Waals surface area contributed by atoms with Crippen LogP contribution in [0.5, 0.6) is 0 Å². The first kappa shape index (κ1) is 17.0. The minimum Gasteiger partial charge on any atom is -0.416 e. The quantitative estimate of drug-likeness (QED) is 0.395. The number of nitrogens with one attached hydrogen (secondary N) is 1. The average Bonchev–Trinajstić information content (AvgIpc) is 3.35. The van der Waals surface area contributed by atoms with Crippen molar-refractivity contribution in [3.63, 3.8) is 0 Å². The fourth-order valence-electron chi connectivity index (χ4n) is 2.70. The second kappa shape index (κ2) is 7.05. The van der Waals surface area contributed by atoms with E-state index in [2.05, 4.69) is 20.2 Å². The van der Waals surface area contributed by atoms with Gasteiger partial charge in [-0.3, -0.25) is 4.79 Å². The van der Waals surface area contributed by atoms with E-state index in [1.54, 1.807) is 17.5 Å². The fraction of sp³-hybridized carbons (Fsp3) is 0.222. The standard InChI is InChI=1S/C18H16N4O2S2/c1-10(17(23)14-8-19-15-6-4-3-5-13(14)15)26-18-22-21-16(24-18)7-12-9-25-11(2)20-12/h3-6,8-10,19H,7H2,1-2H3/t10-/m0/s1. The Morgan fingerprint density at radius 1 is 1.35 bits per heavy atom. The van der Waals surface area contributed by atoms with Crippen LogP contribution in [0.3, 0.4) is 0 Å². The summed E-state index contributed by atoms with van der Waals surface area (Å²) in [5.41, 5.74) is 2.54. The number of hydrogen-bond donors (Lipinski definition) is 1. The molecule has 0 saturated heterocycles. The van der Waals surface area contributed by atoms with Crippen molar-refractivity contribution >= 4 is 39.8 Å². The summed E-state index contributed by atoms with van der Waals surface area (Å²) in [5.74, 6) is 0.534. The number of hydrogen-bond acceptors (Lipinski definition) is 7. The van der Waals surface area contributed by atoms with Crippen LogP contribution in [0.1, 0.15) is 33.9 Å². The van der Waals surface area contributed by atoms with Gasteiger partial charge in [-0.2, -0.15) is 0 Å². The Bertz CT molecular complexity index is 1070. The van der Waals surface area contributed by atoms with Gasteiger partial charge in [0.1, 0.15) is 0 Å². The van der Waals surface area contributed by atoms with E-state index in [1.807, 2.05) is 43.5 Å².